The van der Waals surface area contributed by atoms with E-state index in [1.165, 1.54) is 5.56 Å². The van der Waals surface area contributed by atoms with Gasteiger partial charge in [0.1, 0.15) is 0 Å². The first kappa shape index (κ1) is 13.4. The van der Waals surface area contributed by atoms with Crippen molar-refractivity contribution < 1.29 is 4.79 Å². The lowest BCUT2D eigenvalue weighted by Crippen LogP contribution is -2.42. The first-order valence-corrected chi connectivity index (χ1v) is 6.46. The third-order valence-corrected chi connectivity index (χ3v) is 3.80. The molecule has 1 N–H and O–H groups in total. The lowest BCUT2D eigenvalue weighted by molar-refractivity contribution is -0.122. The molecule has 0 unspecified atom stereocenters. The van der Waals surface area contributed by atoms with E-state index in [1.54, 1.807) is 0 Å². The number of piperidine rings is 1. The zero-order valence-corrected chi connectivity index (χ0v) is 11.2. The molecule has 0 aromatic heterocycles. The maximum absolute atomic E-state index is 12.4. The van der Waals surface area contributed by atoms with Crippen LogP contribution in [0.4, 0.5) is 5.69 Å². The number of anilines is 1. The average molecular weight is 267 g/mol. The Hall–Kier alpha value is -1.06. The van der Waals surface area contributed by atoms with E-state index in [0.717, 1.165) is 44.6 Å². The standard InChI is InChI=1S/C14H18N2O.ClH/c17-14(12-5-3-8-15-10-12)16-9-7-11-4-1-2-6-13(11)16;/h1-2,4,6,12,15H,3,5,7-10H2;1H/t12-;/m1./s1. The van der Waals surface area contributed by atoms with Gasteiger partial charge in [-0.15, -0.1) is 12.4 Å². The Bertz CT molecular complexity index is 430. The van der Waals surface area contributed by atoms with Crippen LogP contribution < -0.4 is 10.2 Å². The molecule has 98 valence electrons. The summed E-state index contributed by atoms with van der Waals surface area (Å²) in [6.45, 7) is 2.76. The van der Waals surface area contributed by atoms with Crippen LogP contribution in [-0.2, 0) is 11.2 Å². The molecule has 1 aromatic carbocycles. The first-order chi connectivity index (χ1) is 8.36. The van der Waals surface area contributed by atoms with Crippen LogP contribution in [0.2, 0.25) is 0 Å². The Morgan fingerprint density at radius 2 is 2.17 bits per heavy atom. The van der Waals surface area contributed by atoms with Gasteiger partial charge in [-0.05, 0) is 37.4 Å². The van der Waals surface area contributed by atoms with Gasteiger partial charge in [0.2, 0.25) is 5.91 Å². The Balaban J connectivity index is 0.00000120. The van der Waals surface area contributed by atoms with Gasteiger partial charge in [-0.3, -0.25) is 4.79 Å². The van der Waals surface area contributed by atoms with E-state index in [2.05, 4.69) is 23.5 Å². The van der Waals surface area contributed by atoms with Gasteiger partial charge in [0.05, 0.1) is 5.92 Å². The van der Waals surface area contributed by atoms with Crippen LogP contribution in [0, 0.1) is 5.92 Å². The summed E-state index contributed by atoms with van der Waals surface area (Å²) in [6.07, 6.45) is 3.15. The third-order valence-electron chi connectivity index (χ3n) is 3.80. The summed E-state index contributed by atoms with van der Waals surface area (Å²) in [5.41, 5.74) is 2.44. The van der Waals surface area contributed by atoms with Crippen LogP contribution in [0.25, 0.3) is 0 Å². The fourth-order valence-electron chi connectivity index (χ4n) is 2.85. The number of halogens is 1. The molecule has 0 aliphatic carbocycles. The summed E-state index contributed by atoms with van der Waals surface area (Å²) >= 11 is 0. The van der Waals surface area contributed by atoms with Crippen LogP contribution in [-0.4, -0.2) is 25.5 Å². The Labute approximate surface area is 114 Å². The quantitative estimate of drug-likeness (QED) is 0.843. The second kappa shape index (κ2) is 5.72. The van der Waals surface area contributed by atoms with Gasteiger partial charge in [-0.25, -0.2) is 0 Å². The van der Waals surface area contributed by atoms with Gasteiger partial charge >= 0.3 is 0 Å². The molecular formula is C14H19ClN2O. The van der Waals surface area contributed by atoms with E-state index in [9.17, 15) is 4.79 Å². The van der Waals surface area contributed by atoms with Crippen molar-refractivity contribution in [2.24, 2.45) is 5.92 Å². The Morgan fingerprint density at radius 3 is 2.94 bits per heavy atom. The second-order valence-electron chi connectivity index (χ2n) is 4.91. The molecule has 0 saturated carbocycles. The molecule has 3 nitrogen and oxygen atoms in total. The summed E-state index contributed by atoms with van der Waals surface area (Å²) in [5.74, 6) is 0.483. The number of nitrogens with zero attached hydrogens (tertiary/aromatic N) is 1. The van der Waals surface area contributed by atoms with Gasteiger partial charge in [-0.2, -0.15) is 0 Å². The highest BCUT2D eigenvalue weighted by atomic mass is 35.5. The molecule has 1 amide bonds. The lowest BCUT2D eigenvalue weighted by Gasteiger charge is -2.27. The van der Waals surface area contributed by atoms with Crippen molar-refractivity contribution in [3.05, 3.63) is 29.8 Å². The molecule has 0 spiro atoms. The number of nitrogens with one attached hydrogen (secondary N) is 1. The highest BCUT2D eigenvalue weighted by Crippen LogP contribution is 2.29. The summed E-state index contributed by atoms with van der Waals surface area (Å²) in [7, 11) is 0. The van der Waals surface area contributed by atoms with Gasteiger partial charge < -0.3 is 10.2 Å². The molecule has 4 heteroatoms. The molecule has 0 radical (unpaired) electrons. The number of carbonyl (C=O) groups is 1. The van der Waals surface area contributed by atoms with Crippen molar-refractivity contribution >= 4 is 24.0 Å². The highest BCUT2D eigenvalue weighted by molar-refractivity contribution is 5.97. The maximum atomic E-state index is 12.4. The van der Waals surface area contributed by atoms with E-state index in [0.29, 0.717) is 5.91 Å². The van der Waals surface area contributed by atoms with Crippen molar-refractivity contribution in [3.8, 4) is 0 Å². The molecule has 1 saturated heterocycles. The minimum atomic E-state index is 0. The van der Waals surface area contributed by atoms with Crippen molar-refractivity contribution in [2.75, 3.05) is 24.5 Å². The molecule has 2 heterocycles. The predicted molar refractivity (Wildman–Crippen MR) is 75.3 cm³/mol. The Kier molecular flexibility index (Phi) is 4.25. The zero-order valence-electron chi connectivity index (χ0n) is 10.4. The molecule has 0 bridgehead atoms. The topological polar surface area (TPSA) is 32.3 Å². The highest BCUT2D eigenvalue weighted by Gasteiger charge is 2.30. The van der Waals surface area contributed by atoms with Gasteiger partial charge in [0, 0.05) is 18.8 Å². The maximum Gasteiger partial charge on any atom is 0.231 e. The zero-order chi connectivity index (χ0) is 11.7. The summed E-state index contributed by atoms with van der Waals surface area (Å²) in [5, 5.41) is 3.32. The summed E-state index contributed by atoms with van der Waals surface area (Å²) < 4.78 is 0. The van der Waals surface area contributed by atoms with E-state index in [1.807, 2.05) is 11.0 Å². The van der Waals surface area contributed by atoms with Crippen molar-refractivity contribution in [1.29, 1.82) is 0 Å². The first-order valence-electron chi connectivity index (χ1n) is 6.46. The number of amides is 1. The Morgan fingerprint density at radius 1 is 1.33 bits per heavy atom. The molecule has 1 aromatic rings. The number of rotatable bonds is 1. The largest absolute Gasteiger partial charge is 0.316 e. The van der Waals surface area contributed by atoms with Crippen LogP contribution in [0.5, 0.6) is 0 Å². The van der Waals surface area contributed by atoms with E-state index >= 15 is 0 Å². The van der Waals surface area contributed by atoms with E-state index in [4.69, 9.17) is 0 Å². The lowest BCUT2D eigenvalue weighted by atomic mass is 9.98. The predicted octanol–water partition coefficient (Wildman–Crippen LogP) is 2.00. The SMILES string of the molecule is Cl.O=C([C@@H]1CCCNC1)N1CCc2ccccc21. The molecule has 2 aliphatic rings. The van der Waals surface area contributed by atoms with E-state index in [-0.39, 0.29) is 18.3 Å². The third kappa shape index (κ3) is 2.38. The number of benzene rings is 1. The minimum absolute atomic E-state index is 0. The second-order valence-corrected chi connectivity index (χ2v) is 4.91. The molecular weight excluding hydrogens is 248 g/mol. The molecule has 18 heavy (non-hydrogen) atoms. The summed E-state index contributed by atoms with van der Waals surface area (Å²) in [6, 6.07) is 8.26. The van der Waals surface area contributed by atoms with Crippen LogP contribution in [0.1, 0.15) is 18.4 Å². The normalized spacial score (nSPS) is 22.2. The monoisotopic (exact) mass is 266 g/mol. The van der Waals surface area contributed by atoms with Crippen LogP contribution in [0.3, 0.4) is 0 Å². The molecule has 2 aliphatic heterocycles. The van der Waals surface area contributed by atoms with Gasteiger partial charge in [0.15, 0.2) is 0 Å². The fraction of sp³-hybridized carbons (Fsp3) is 0.500. The minimum Gasteiger partial charge on any atom is -0.316 e. The van der Waals surface area contributed by atoms with Gasteiger partial charge in [0.25, 0.3) is 0 Å². The number of fused-ring (bicyclic) bond motifs is 1. The van der Waals surface area contributed by atoms with Crippen LogP contribution in [0.15, 0.2) is 24.3 Å². The molecule has 1 fully saturated rings. The number of carbonyl (C=O) groups excluding carboxylic acids is 1. The number of hydrogen-bond acceptors (Lipinski definition) is 2. The van der Waals surface area contributed by atoms with Crippen molar-refractivity contribution in [1.82, 2.24) is 5.32 Å². The smallest absolute Gasteiger partial charge is 0.231 e. The van der Waals surface area contributed by atoms with E-state index < -0.39 is 0 Å². The molecule has 1 atom stereocenters. The van der Waals surface area contributed by atoms with Crippen LogP contribution >= 0.6 is 12.4 Å². The number of hydrogen-bond donors (Lipinski definition) is 1. The summed E-state index contributed by atoms with van der Waals surface area (Å²) in [4.78, 5) is 14.4. The van der Waals surface area contributed by atoms with Crippen molar-refractivity contribution in [3.63, 3.8) is 0 Å². The number of para-hydroxylation sites is 1. The fourth-order valence-corrected chi connectivity index (χ4v) is 2.85. The average Bonchev–Trinajstić information content (AvgIpc) is 2.83. The molecule has 3 rings (SSSR count). The van der Waals surface area contributed by atoms with Gasteiger partial charge in [-0.1, -0.05) is 18.2 Å². The van der Waals surface area contributed by atoms with Crippen molar-refractivity contribution in [2.45, 2.75) is 19.3 Å².